The maximum Gasteiger partial charge on any atom is 0.416 e. The molecule has 2 aromatic rings. The number of carboxylic acids is 1. The van der Waals surface area contributed by atoms with Gasteiger partial charge in [0.25, 0.3) is 0 Å². The molecule has 0 aliphatic rings. The van der Waals surface area contributed by atoms with Gasteiger partial charge in [-0.25, -0.2) is 4.79 Å². The predicted octanol–water partition coefficient (Wildman–Crippen LogP) is 2.29. The van der Waals surface area contributed by atoms with E-state index < -0.39 is 37.0 Å². The van der Waals surface area contributed by atoms with E-state index >= 15 is 0 Å². The maximum atomic E-state index is 12.7. The van der Waals surface area contributed by atoms with Crippen LogP contribution < -0.4 is 5.69 Å². The second kappa shape index (κ2) is 6.93. The lowest BCUT2D eigenvalue weighted by atomic mass is 10.1. The Morgan fingerprint density at radius 1 is 1.24 bits per heavy atom. The number of benzene rings is 1. The van der Waals surface area contributed by atoms with Gasteiger partial charge in [-0.05, 0) is 19.1 Å². The Hall–Kier alpha value is -2.26. The molecule has 1 aromatic carbocycles. The average molecular weight is 379 g/mol. The molecule has 0 radical (unpaired) electrons. The molecule has 0 saturated carbocycles. The molecule has 10 heteroatoms. The predicted molar refractivity (Wildman–Crippen MR) is 83.6 cm³/mol. The molecule has 0 aliphatic carbocycles. The number of aromatic nitrogens is 2. The van der Waals surface area contributed by atoms with E-state index in [1.54, 1.807) is 0 Å². The third kappa shape index (κ3) is 4.05. The van der Waals surface area contributed by atoms with Crippen molar-refractivity contribution in [3.63, 3.8) is 0 Å². The first-order valence-electron chi connectivity index (χ1n) is 7.04. The van der Waals surface area contributed by atoms with Gasteiger partial charge in [-0.3, -0.25) is 13.9 Å². The lowest BCUT2D eigenvalue weighted by Crippen LogP contribution is -2.37. The zero-order valence-corrected chi connectivity index (χ0v) is 13.7. The van der Waals surface area contributed by atoms with Crippen LogP contribution in [0.3, 0.4) is 0 Å². The van der Waals surface area contributed by atoms with Crippen LogP contribution in [0, 0.1) is 6.92 Å². The van der Waals surface area contributed by atoms with Crippen molar-refractivity contribution in [3.05, 3.63) is 45.5 Å². The fourth-order valence-electron chi connectivity index (χ4n) is 2.45. The van der Waals surface area contributed by atoms with Crippen LogP contribution in [0.25, 0.3) is 11.3 Å². The van der Waals surface area contributed by atoms with Crippen molar-refractivity contribution in [1.82, 2.24) is 9.13 Å². The molecule has 0 spiro atoms. The van der Waals surface area contributed by atoms with E-state index in [2.05, 4.69) is 0 Å². The number of nitrogens with zero attached hydrogens (tertiary/aromatic N) is 2. The van der Waals surface area contributed by atoms with Crippen molar-refractivity contribution in [2.75, 3.05) is 0 Å². The molecular weight excluding hydrogens is 365 g/mol. The summed E-state index contributed by atoms with van der Waals surface area (Å²) in [7, 11) is 0. The first-order chi connectivity index (χ1) is 11.5. The Bertz CT molecular complexity index is 840. The van der Waals surface area contributed by atoms with Crippen molar-refractivity contribution in [1.29, 1.82) is 0 Å². The van der Waals surface area contributed by atoms with Crippen molar-refractivity contribution in [2.45, 2.75) is 32.3 Å². The van der Waals surface area contributed by atoms with Crippen LogP contribution in [0.4, 0.5) is 13.2 Å². The number of aliphatic hydroxyl groups is 1. The summed E-state index contributed by atoms with van der Waals surface area (Å²) in [5, 5.41) is 18.6. The van der Waals surface area contributed by atoms with Gasteiger partial charge >= 0.3 is 17.8 Å². The molecule has 0 saturated heterocycles. The summed E-state index contributed by atoms with van der Waals surface area (Å²) in [6.07, 6.45) is -7.68. The van der Waals surface area contributed by atoms with E-state index in [0.717, 1.165) is 9.13 Å². The van der Waals surface area contributed by atoms with Crippen LogP contribution in [0.15, 0.2) is 29.1 Å². The zero-order valence-electron chi connectivity index (χ0n) is 12.9. The van der Waals surface area contributed by atoms with Gasteiger partial charge in [-0.1, -0.05) is 23.7 Å². The molecule has 0 bridgehead atoms. The summed E-state index contributed by atoms with van der Waals surface area (Å²) in [6, 6.07) is 5.96. The highest BCUT2D eigenvalue weighted by Gasteiger charge is 2.39. The van der Waals surface area contributed by atoms with Crippen LogP contribution >= 0.6 is 11.6 Å². The summed E-state index contributed by atoms with van der Waals surface area (Å²) in [4.78, 5) is 23.3. The lowest BCUT2D eigenvalue weighted by Gasteiger charge is -2.16. The lowest BCUT2D eigenvalue weighted by molar-refractivity contribution is -0.207. The van der Waals surface area contributed by atoms with E-state index in [4.69, 9.17) is 16.7 Å². The highest BCUT2D eigenvalue weighted by molar-refractivity contribution is 6.30. The normalized spacial score (nSPS) is 13.0. The minimum absolute atomic E-state index is 0.0891. The Morgan fingerprint density at radius 2 is 1.80 bits per heavy atom. The maximum absolute atomic E-state index is 12.7. The summed E-state index contributed by atoms with van der Waals surface area (Å²) in [6.45, 7) is -0.334. The van der Waals surface area contributed by atoms with Crippen LogP contribution in [0.2, 0.25) is 5.02 Å². The first-order valence-corrected chi connectivity index (χ1v) is 7.42. The van der Waals surface area contributed by atoms with Crippen LogP contribution in [-0.2, 0) is 17.9 Å². The van der Waals surface area contributed by atoms with Crippen molar-refractivity contribution < 1.29 is 28.2 Å². The molecule has 2 N–H and O–H groups in total. The second-order valence-electron chi connectivity index (χ2n) is 5.37. The number of hydrogen-bond donors (Lipinski definition) is 2. The molecule has 0 fully saturated rings. The topological polar surface area (TPSA) is 84.5 Å². The van der Waals surface area contributed by atoms with Gasteiger partial charge in [0.15, 0.2) is 6.10 Å². The van der Waals surface area contributed by atoms with E-state index in [1.807, 2.05) is 0 Å². The van der Waals surface area contributed by atoms with Crippen molar-refractivity contribution in [3.8, 4) is 11.3 Å². The number of aliphatic hydroxyl groups excluding tert-OH is 1. The van der Waals surface area contributed by atoms with Crippen molar-refractivity contribution >= 4 is 17.6 Å². The largest absolute Gasteiger partial charge is 0.480 e. The highest BCUT2D eigenvalue weighted by atomic mass is 35.5. The average Bonchev–Trinajstić information content (AvgIpc) is 2.72. The van der Waals surface area contributed by atoms with Gasteiger partial charge in [-0.2, -0.15) is 13.2 Å². The monoisotopic (exact) mass is 378 g/mol. The number of aliphatic carboxylic acids is 1. The minimum atomic E-state index is -4.92. The molecule has 0 unspecified atom stereocenters. The Balaban J connectivity index is 2.64. The third-order valence-corrected chi connectivity index (χ3v) is 3.88. The fourth-order valence-corrected chi connectivity index (χ4v) is 2.57. The molecule has 6 nitrogen and oxygen atoms in total. The van der Waals surface area contributed by atoms with E-state index in [1.165, 1.54) is 31.2 Å². The van der Waals surface area contributed by atoms with Crippen LogP contribution in [0.1, 0.15) is 5.69 Å². The van der Waals surface area contributed by atoms with Gasteiger partial charge in [0.1, 0.15) is 6.54 Å². The van der Waals surface area contributed by atoms with Gasteiger partial charge in [0, 0.05) is 16.3 Å². The molecule has 1 aromatic heterocycles. The Kier molecular flexibility index (Phi) is 5.28. The fraction of sp³-hybridized carbons (Fsp3) is 0.333. The number of hydrogen-bond acceptors (Lipinski definition) is 3. The molecule has 1 atom stereocenters. The highest BCUT2D eigenvalue weighted by Crippen LogP contribution is 2.27. The third-order valence-electron chi connectivity index (χ3n) is 3.62. The summed E-state index contributed by atoms with van der Waals surface area (Å²) in [5.74, 6) is -1.32. The van der Waals surface area contributed by atoms with Crippen molar-refractivity contribution in [2.24, 2.45) is 0 Å². The number of carbonyl (C=O) groups is 1. The number of rotatable bonds is 5. The zero-order chi connectivity index (χ0) is 18.9. The van der Waals surface area contributed by atoms with Gasteiger partial charge in [0.05, 0.1) is 12.2 Å². The molecular formula is C15H14ClF3N2O4. The van der Waals surface area contributed by atoms with E-state index in [9.17, 15) is 27.9 Å². The SMILES string of the molecule is Cc1c(-c2ccc(Cl)cc2)n(C[C@H](O)C(F)(F)F)c(=O)n1CC(=O)O. The number of alkyl halides is 3. The van der Waals surface area contributed by atoms with Crippen LogP contribution in [-0.4, -0.2) is 37.6 Å². The minimum Gasteiger partial charge on any atom is -0.480 e. The molecule has 1 heterocycles. The molecule has 0 aliphatic heterocycles. The Morgan fingerprint density at radius 3 is 2.28 bits per heavy atom. The van der Waals surface area contributed by atoms with Gasteiger partial charge in [0.2, 0.25) is 0 Å². The number of carboxylic acid groups (broad SMARTS) is 1. The molecule has 2 rings (SSSR count). The van der Waals surface area contributed by atoms with E-state index in [-0.39, 0.29) is 11.4 Å². The number of imidazole rings is 1. The number of halogens is 4. The smallest absolute Gasteiger partial charge is 0.416 e. The molecule has 0 amide bonds. The molecule has 25 heavy (non-hydrogen) atoms. The van der Waals surface area contributed by atoms with Gasteiger partial charge < -0.3 is 10.2 Å². The summed E-state index contributed by atoms with van der Waals surface area (Å²) in [5.41, 5.74) is -0.319. The molecule has 136 valence electrons. The summed E-state index contributed by atoms with van der Waals surface area (Å²) >= 11 is 5.79. The summed E-state index contributed by atoms with van der Waals surface area (Å²) < 4.78 is 39.6. The van der Waals surface area contributed by atoms with E-state index in [0.29, 0.717) is 10.6 Å². The quantitative estimate of drug-likeness (QED) is 0.836. The Labute approximate surface area is 144 Å². The van der Waals surface area contributed by atoms with Gasteiger partial charge in [-0.15, -0.1) is 0 Å². The second-order valence-corrected chi connectivity index (χ2v) is 5.81. The van der Waals surface area contributed by atoms with Crippen LogP contribution in [0.5, 0.6) is 0 Å². The first kappa shape index (κ1) is 19.1. The standard InChI is InChI=1S/C15H14ClF3N2O4/c1-8-13(9-2-4-10(16)5-3-9)21(6-11(22)15(17,18)19)14(25)20(8)7-12(23)24/h2-5,11,22H,6-7H2,1H3,(H,23,24)/t11-/m0/s1.